The van der Waals surface area contributed by atoms with Crippen LogP contribution in [0.2, 0.25) is 0 Å². The van der Waals surface area contributed by atoms with Crippen molar-refractivity contribution >= 4 is 21.6 Å². The Kier molecular flexibility index (Phi) is 5.60. The second kappa shape index (κ2) is 8.28. The van der Waals surface area contributed by atoms with Crippen LogP contribution in [0.5, 0.6) is 5.75 Å². The summed E-state index contributed by atoms with van der Waals surface area (Å²) in [5.41, 5.74) is 0.723. The van der Waals surface area contributed by atoms with E-state index in [4.69, 9.17) is 4.74 Å². The molecule has 2 aromatic heterocycles. The molecule has 6 nitrogen and oxygen atoms in total. The lowest BCUT2D eigenvalue weighted by Crippen LogP contribution is -2.43. The second-order valence-electron chi connectivity index (χ2n) is 9.91. The number of aromatic nitrogens is 2. The first-order valence-corrected chi connectivity index (χ1v) is 12.3. The minimum atomic E-state index is -0.721. The Morgan fingerprint density at radius 3 is 2.53 bits per heavy atom. The minimum absolute atomic E-state index is 0.0601. The molecule has 3 aromatic rings. The normalized spacial score (nSPS) is 23.7. The number of benzene rings is 1. The number of hydrogen-bond acceptors (Lipinski definition) is 6. The number of piperidine rings is 1. The molecule has 1 N–H and O–H groups in total. The molecule has 0 spiro atoms. The highest BCUT2D eigenvalue weighted by Crippen LogP contribution is 2.36. The summed E-state index contributed by atoms with van der Waals surface area (Å²) in [6.07, 6.45) is 7.97. The van der Waals surface area contributed by atoms with Gasteiger partial charge in [-0.2, -0.15) is 0 Å². The van der Waals surface area contributed by atoms with Gasteiger partial charge in [-0.05, 0) is 89.8 Å². The number of ether oxygens (including phenoxy) is 1. The topological polar surface area (TPSA) is 67.6 Å². The van der Waals surface area contributed by atoms with Gasteiger partial charge in [0, 0.05) is 17.0 Å². The maximum absolute atomic E-state index is 13.1. The third kappa shape index (κ3) is 4.34. The molecule has 0 aliphatic carbocycles. The molecule has 2 fully saturated rings. The van der Waals surface area contributed by atoms with Gasteiger partial charge in [0.1, 0.15) is 22.9 Å². The molecular formula is C25H31N3O3S. The van der Waals surface area contributed by atoms with Gasteiger partial charge in [0.15, 0.2) is 0 Å². The molecule has 2 aliphatic rings. The average Bonchev–Trinajstić information content (AvgIpc) is 3.24. The Morgan fingerprint density at radius 2 is 1.88 bits per heavy atom. The number of fused-ring (bicyclic) bond motifs is 3. The Bertz CT molecular complexity index is 1150. The third-order valence-corrected chi connectivity index (χ3v) is 8.12. The van der Waals surface area contributed by atoms with Crippen molar-refractivity contribution in [3.8, 4) is 11.4 Å². The molecule has 2 bridgehead atoms. The van der Waals surface area contributed by atoms with Gasteiger partial charge in [0.05, 0.1) is 16.8 Å². The predicted octanol–water partition coefficient (Wildman–Crippen LogP) is 4.15. The van der Waals surface area contributed by atoms with Gasteiger partial charge in [0.25, 0.3) is 5.56 Å². The van der Waals surface area contributed by atoms with Gasteiger partial charge in [-0.3, -0.25) is 9.36 Å². The monoisotopic (exact) mass is 453 g/mol. The van der Waals surface area contributed by atoms with Crippen molar-refractivity contribution in [3.63, 3.8) is 0 Å². The number of thiophene rings is 1. The summed E-state index contributed by atoms with van der Waals surface area (Å²) in [4.78, 5) is 21.2. The molecule has 32 heavy (non-hydrogen) atoms. The number of aliphatic hydroxyl groups is 1. The zero-order chi connectivity index (χ0) is 22.5. The van der Waals surface area contributed by atoms with Crippen molar-refractivity contribution in [2.24, 2.45) is 0 Å². The fourth-order valence-electron chi connectivity index (χ4n) is 5.03. The van der Waals surface area contributed by atoms with Crippen molar-refractivity contribution in [1.82, 2.24) is 14.5 Å². The predicted molar refractivity (Wildman–Crippen MR) is 128 cm³/mol. The van der Waals surface area contributed by atoms with Crippen molar-refractivity contribution in [3.05, 3.63) is 51.9 Å². The number of nitrogens with zero attached hydrogens (tertiary/aromatic N) is 3. The molecule has 2 aliphatic heterocycles. The van der Waals surface area contributed by atoms with Gasteiger partial charge in [0.2, 0.25) is 0 Å². The summed E-state index contributed by atoms with van der Waals surface area (Å²) in [5, 5.41) is 9.98. The molecule has 0 saturated carbocycles. The maximum Gasteiger partial charge on any atom is 0.275 e. The molecule has 2 saturated heterocycles. The molecule has 1 aromatic carbocycles. The molecule has 170 valence electrons. The Morgan fingerprint density at radius 1 is 1.19 bits per heavy atom. The van der Waals surface area contributed by atoms with Crippen LogP contribution in [0, 0.1) is 0 Å². The van der Waals surface area contributed by atoms with E-state index in [0.29, 0.717) is 23.2 Å². The van der Waals surface area contributed by atoms with Crippen LogP contribution >= 0.6 is 11.3 Å². The molecule has 4 heterocycles. The Balaban J connectivity index is 1.32. The molecule has 0 amide bonds. The molecule has 0 unspecified atom stereocenters. The number of aryl methyl sites for hydroxylation is 1. The van der Waals surface area contributed by atoms with Crippen LogP contribution in [0.4, 0.5) is 0 Å². The van der Waals surface area contributed by atoms with E-state index in [9.17, 15) is 9.90 Å². The first-order valence-electron chi connectivity index (χ1n) is 11.5. The highest BCUT2D eigenvalue weighted by Gasteiger charge is 2.39. The quantitative estimate of drug-likeness (QED) is 0.607. The first kappa shape index (κ1) is 21.6. The van der Waals surface area contributed by atoms with E-state index in [0.717, 1.165) is 41.1 Å². The summed E-state index contributed by atoms with van der Waals surface area (Å²) >= 11 is 1.47. The maximum atomic E-state index is 13.1. The van der Waals surface area contributed by atoms with Crippen LogP contribution in [-0.2, 0) is 6.42 Å². The van der Waals surface area contributed by atoms with Crippen molar-refractivity contribution in [1.29, 1.82) is 0 Å². The first-order chi connectivity index (χ1) is 15.3. The van der Waals surface area contributed by atoms with E-state index in [-0.39, 0.29) is 11.7 Å². The van der Waals surface area contributed by atoms with E-state index in [1.807, 2.05) is 30.3 Å². The van der Waals surface area contributed by atoms with Crippen LogP contribution in [0.1, 0.15) is 50.8 Å². The molecular weight excluding hydrogens is 422 g/mol. The summed E-state index contributed by atoms with van der Waals surface area (Å²) in [6.45, 7) is 3.60. The van der Waals surface area contributed by atoms with Crippen LogP contribution in [0.3, 0.4) is 0 Å². The smallest absolute Gasteiger partial charge is 0.275 e. The highest BCUT2D eigenvalue weighted by molar-refractivity contribution is 7.18. The summed E-state index contributed by atoms with van der Waals surface area (Å²) in [6, 6.07) is 11.0. The van der Waals surface area contributed by atoms with E-state index in [2.05, 4.69) is 16.9 Å². The highest BCUT2D eigenvalue weighted by atomic mass is 32.1. The summed E-state index contributed by atoms with van der Waals surface area (Å²) in [5.74, 6) is 0.856. The number of hydrogen-bond donors (Lipinski definition) is 1. The van der Waals surface area contributed by atoms with E-state index >= 15 is 0 Å². The van der Waals surface area contributed by atoms with Crippen LogP contribution in [0.15, 0.2) is 41.5 Å². The Labute approximate surface area is 192 Å². The van der Waals surface area contributed by atoms with Gasteiger partial charge < -0.3 is 14.7 Å². The number of rotatable bonds is 6. The molecule has 0 radical (unpaired) electrons. The average molecular weight is 454 g/mol. The van der Waals surface area contributed by atoms with Gasteiger partial charge >= 0.3 is 0 Å². The van der Waals surface area contributed by atoms with Crippen LogP contribution in [-0.4, -0.2) is 50.4 Å². The van der Waals surface area contributed by atoms with Crippen LogP contribution < -0.4 is 10.3 Å². The lowest BCUT2D eigenvalue weighted by atomic mass is 10.0. The Hall–Kier alpha value is -2.22. The largest absolute Gasteiger partial charge is 0.490 e. The molecule has 3 atom stereocenters. The fourth-order valence-corrected chi connectivity index (χ4v) is 6.07. The standard InChI is InChI=1S/C25H31N3O3S/c1-25(2,30)11-10-21-14-22-23(32-21)24(29)28(15-26-22)16-6-8-19(9-7-16)31-20-12-17-4-5-18(13-20)27(17)3/h6-9,14-15,17-18,20,30H,4-5,10-13H2,1-3H3/t17-,18+,20-. The van der Waals surface area contributed by atoms with Gasteiger partial charge in [-0.25, -0.2) is 4.98 Å². The van der Waals surface area contributed by atoms with E-state index in [1.165, 1.54) is 24.2 Å². The SMILES string of the molecule is CN1[C@@H]2CC[C@H]1C[C@H](Oc1ccc(-n3cnc4cc(CCC(C)(C)O)sc4c3=O)cc1)C2. The van der Waals surface area contributed by atoms with Crippen molar-refractivity contribution < 1.29 is 9.84 Å². The van der Waals surface area contributed by atoms with Crippen molar-refractivity contribution in [2.45, 2.75) is 76.2 Å². The van der Waals surface area contributed by atoms with Gasteiger partial charge in [-0.1, -0.05) is 0 Å². The minimum Gasteiger partial charge on any atom is -0.490 e. The zero-order valence-electron chi connectivity index (χ0n) is 19.0. The summed E-state index contributed by atoms with van der Waals surface area (Å²) < 4.78 is 8.53. The van der Waals surface area contributed by atoms with E-state index < -0.39 is 5.60 Å². The zero-order valence-corrected chi connectivity index (χ0v) is 19.8. The molecule has 7 heteroatoms. The lowest BCUT2D eigenvalue weighted by molar-refractivity contribution is 0.0661. The lowest BCUT2D eigenvalue weighted by Gasteiger charge is -2.36. The third-order valence-electron chi connectivity index (χ3n) is 6.94. The van der Waals surface area contributed by atoms with Crippen LogP contribution in [0.25, 0.3) is 15.9 Å². The molecule has 5 rings (SSSR count). The fraction of sp³-hybridized carbons (Fsp3) is 0.520. The van der Waals surface area contributed by atoms with E-state index in [1.54, 1.807) is 24.7 Å². The van der Waals surface area contributed by atoms with Crippen molar-refractivity contribution in [2.75, 3.05) is 7.05 Å². The van der Waals surface area contributed by atoms with Gasteiger partial charge in [-0.15, -0.1) is 11.3 Å². The second-order valence-corrected chi connectivity index (χ2v) is 11.1. The summed E-state index contributed by atoms with van der Waals surface area (Å²) in [7, 11) is 2.24.